The van der Waals surface area contributed by atoms with Crippen molar-refractivity contribution >= 4 is 27.5 Å². The van der Waals surface area contributed by atoms with E-state index in [4.69, 9.17) is 0 Å². The summed E-state index contributed by atoms with van der Waals surface area (Å²) in [5, 5.41) is 2.85. The van der Waals surface area contributed by atoms with Crippen LogP contribution in [0.2, 0.25) is 0 Å². The molecule has 0 bridgehead atoms. The molecule has 0 heterocycles. The second-order valence-electron chi connectivity index (χ2n) is 9.17. The zero-order chi connectivity index (χ0) is 26.9. The lowest BCUT2D eigenvalue weighted by Crippen LogP contribution is -2.49. The average Bonchev–Trinajstić information content (AvgIpc) is 2.82. The molecule has 2 aromatic carbocycles. The van der Waals surface area contributed by atoms with Crippen LogP contribution in [0.25, 0.3) is 0 Å². The van der Waals surface area contributed by atoms with Crippen molar-refractivity contribution < 1.29 is 26.8 Å². The highest BCUT2D eigenvalue weighted by Crippen LogP contribution is 2.21. The van der Waals surface area contributed by atoms with E-state index in [1.54, 1.807) is 6.92 Å². The number of hydrogen-bond donors (Lipinski definition) is 1. The predicted molar refractivity (Wildman–Crippen MR) is 137 cm³/mol. The minimum Gasteiger partial charge on any atom is -0.354 e. The van der Waals surface area contributed by atoms with Gasteiger partial charge < -0.3 is 10.2 Å². The third-order valence-electron chi connectivity index (χ3n) is 5.68. The lowest BCUT2D eigenvalue weighted by atomic mass is 10.1. The molecular formula is C26H35F2N3O4S. The van der Waals surface area contributed by atoms with Crippen LogP contribution in [0.15, 0.2) is 48.5 Å². The summed E-state index contributed by atoms with van der Waals surface area (Å²) in [6.07, 6.45) is 1.63. The number of benzene rings is 2. The lowest BCUT2D eigenvalue weighted by Gasteiger charge is -2.29. The number of nitrogens with zero attached hydrogens (tertiary/aromatic N) is 2. The molecule has 0 aliphatic rings. The zero-order valence-corrected chi connectivity index (χ0v) is 22.0. The first-order valence-electron chi connectivity index (χ1n) is 11.9. The van der Waals surface area contributed by atoms with Gasteiger partial charge in [0.05, 0.1) is 11.9 Å². The number of nitrogens with one attached hydrogen (secondary N) is 1. The number of rotatable bonds is 13. The summed E-state index contributed by atoms with van der Waals surface area (Å²) in [5.41, 5.74) is 0.998. The van der Waals surface area contributed by atoms with E-state index in [2.05, 4.69) is 5.32 Å². The van der Waals surface area contributed by atoms with Gasteiger partial charge in [0, 0.05) is 32.1 Å². The Hall–Kier alpha value is -3.01. The average molecular weight is 524 g/mol. The van der Waals surface area contributed by atoms with Gasteiger partial charge in [-0.15, -0.1) is 0 Å². The summed E-state index contributed by atoms with van der Waals surface area (Å²) >= 11 is 0. The zero-order valence-electron chi connectivity index (χ0n) is 21.2. The third kappa shape index (κ3) is 8.89. The molecule has 36 heavy (non-hydrogen) atoms. The molecule has 0 aliphatic carbocycles. The van der Waals surface area contributed by atoms with E-state index in [1.165, 1.54) is 11.0 Å². The molecule has 0 radical (unpaired) electrons. The van der Waals surface area contributed by atoms with Gasteiger partial charge in [-0.1, -0.05) is 44.2 Å². The summed E-state index contributed by atoms with van der Waals surface area (Å²) in [5.74, 6) is -2.54. The SMILES string of the molecule is CC(C)CNC(=O)[C@@H](C)N(CCc1ccccc1)C(=O)CCCN(c1ccc(F)c(F)c1)S(C)(=O)=O. The Morgan fingerprint density at radius 3 is 2.22 bits per heavy atom. The van der Waals surface area contributed by atoms with Crippen LogP contribution in [-0.4, -0.2) is 57.1 Å². The number of hydrogen-bond acceptors (Lipinski definition) is 4. The van der Waals surface area contributed by atoms with Gasteiger partial charge in [-0.3, -0.25) is 13.9 Å². The highest BCUT2D eigenvalue weighted by molar-refractivity contribution is 7.92. The van der Waals surface area contributed by atoms with Gasteiger partial charge in [0.2, 0.25) is 21.8 Å². The van der Waals surface area contributed by atoms with Gasteiger partial charge in [0.1, 0.15) is 6.04 Å². The molecule has 7 nitrogen and oxygen atoms in total. The number of halogens is 2. The molecule has 2 aromatic rings. The maximum Gasteiger partial charge on any atom is 0.242 e. The second-order valence-corrected chi connectivity index (χ2v) is 11.1. The lowest BCUT2D eigenvalue weighted by molar-refractivity contribution is -0.140. The van der Waals surface area contributed by atoms with Crippen molar-refractivity contribution in [2.75, 3.05) is 30.2 Å². The molecule has 0 fully saturated rings. The van der Waals surface area contributed by atoms with E-state index in [-0.39, 0.29) is 42.8 Å². The van der Waals surface area contributed by atoms with E-state index < -0.39 is 27.7 Å². The Kier molecular flexibility index (Phi) is 10.8. The summed E-state index contributed by atoms with van der Waals surface area (Å²) < 4.78 is 52.5. The fourth-order valence-electron chi connectivity index (χ4n) is 3.67. The highest BCUT2D eigenvalue weighted by Gasteiger charge is 2.26. The van der Waals surface area contributed by atoms with Crippen molar-refractivity contribution in [3.8, 4) is 0 Å². The first-order valence-corrected chi connectivity index (χ1v) is 13.8. The number of amides is 2. The molecule has 1 N–H and O–H groups in total. The van der Waals surface area contributed by atoms with Crippen molar-refractivity contribution in [1.82, 2.24) is 10.2 Å². The van der Waals surface area contributed by atoms with Crippen LogP contribution in [0.1, 0.15) is 39.2 Å². The Balaban J connectivity index is 2.11. The van der Waals surface area contributed by atoms with Crippen molar-refractivity contribution in [2.24, 2.45) is 5.92 Å². The van der Waals surface area contributed by atoms with Gasteiger partial charge in [-0.05, 0) is 43.4 Å². The topological polar surface area (TPSA) is 86.8 Å². The number of anilines is 1. The van der Waals surface area contributed by atoms with Gasteiger partial charge in [-0.25, -0.2) is 17.2 Å². The standard InChI is InChI=1S/C26H35F2N3O4S/c1-19(2)18-29-26(33)20(3)30(16-14-21-9-6-5-7-10-21)25(32)11-8-15-31(36(4,34)35)22-12-13-23(27)24(28)17-22/h5-7,9-10,12-13,17,19-20H,8,11,14-16,18H2,1-4H3,(H,29,33)/t20-/m1/s1. The Morgan fingerprint density at radius 1 is 0.972 bits per heavy atom. The molecular weight excluding hydrogens is 488 g/mol. The third-order valence-corrected chi connectivity index (χ3v) is 6.87. The van der Waals surface area contributed by atoms with E-state index in [0.29, 0.717) is 19.5 Å². The largest absolute Gasteiger partial charge is 0.354 e. The Morgan fingerprint density at radius 2 is 1.64 bits per heavy atom. The molecule has 0 saturated heterocycles. The van der Waals surface area contributed by atoms with Crippen molar-refractivity contribution in [3.63, 3.8) is 0 Å². The van der Waals surface area contributed by atoms with Crippen molar-refractivity contribution in [2.45, 2.75) is 46.1 Å². The van der Waals surface area contributed by atoms with Crippen molar-refractivity contribution in [1.29, 1.82) is 0 Å². The predicted octanol–water partition coefficient (Wildman–Crippen LogP) is 3.74. The first kappa shape index (κ1) is 29.2. The minimum atomic E-state index is -3.80. The molecule has 198 valence electrons. The first-order chi connectivity index (χ1) is 16.9. The molecule has 0 unspecified atom stereocenters. The van der Waals surface area contributed by atoms with Crippen LogP contribution < -0.4 is 9.62 Å². The molecule has 0 spiro atoms. The Labute approximate surface area is 212 Å². The second kappa shape index (κ2) is 13.3. The molecule has 0 aliphatic heterocycles. The van der Waals surface area contributed by atoms with Crippen LogP contribution in [-0.2, 0) is 26.0 Å². The van der Waals surface area contributed by atoms with Crippen LogP contribution in [0.3, 0.4) is 0 Å². The monoisotopic (exact) mass is 523 g/mol. The molecule has 0 aromatic heterocycles. The van der Waals surface area contributed by atoms with E-state index in [0.717, 1.165) is 28.3 Å². The molecule has 1 atom stereocenters. The number of carbonyl (C=O) groups is 2. The van der Waals surface area contributed by atoms with Gasteiger partial charge >= 0.3 is 0 Å². The van der Waals surface area contributed by atoms with E-state index in [1.807, 2.05) is 44.2 Å². The van der Waals surface area contributed by atoms with Crippen molar-refractivity contribution in [3.05, 3.63) is 65.7 Å². The minimum absolute atomic E-state index is 0.0215. The van der Waals surface area contributed by atoms with Crippen LogP contribution in [0.4, 0.5) is 14.5 Å². The molecule has 2 amide bonds. The van der Waals surface area contributed by atoms with Crippen LogP contribution >= 0.6 is 0 Å². The maximum absolute atomic E-state index is 13.7. The summed E-state index contributed by atoms with van der Waals surface area (Å²) in [6.45, 7) is 6.33. The number of sulfonamides is 1. The quantitative estimate of drug-likeness (QED) is 0.433. The van der Waals surface area contributed by atoms with Gasteiger partial charge in [0.25, 0.3) is 0 Å². The summed E-state index contributed by atoms with van der Waals surface area (Å²) in [4.78, 5) is 27.4. The summed E-state index contributed by atoms with van der Waals surface area (Å²) in [7, 11) is -3.80. The van der Waals surface area contributed by atoms with Crippen LogP contribution in [0, 0.1) is 17.6 Å². The number of carbonyl (C=O) groups excluding carboxylic acids is 2. The van der Waals surface area contributed by atoms with Gasteiger partial charge in [-0.2, -0.15) is 0 Å². The molecule has 2 rings (SSSR count). The molecule has 10 heteroatoms. The van der Waals surface area contributed by atoms with Gasteiger partial charge in [0.15, 0.2) is 11.6 Å². The highest BCUT2D eigenvalue weighted by atomic mass is 32.2. The fourth-order valence-corrected chi connectivity index (χ4v) is 4.62. The van der Waals surface area contributed by atoms with Crippen LogP contribution in [0.5, 0.6) is 0 Å². The normalized spacial score (nSPS) is 12.3. The fraction of sp³-hybridized carbons (Fsp3) is 0.462. The Bertz CT molecular complexity index is 1130. The van der Waals surface area contributed by atoms with E-state index in [9.17, 15) is 26.8 Å². The molecule has 0 saturated carbocycles. The maximum atomic E-state index is 13.7. The van der Waals surface area contributed by atoms with E-state index >= 15 is 0 Å². The smallest absolute Gasteiger partial charge is 0.242 e. The summed E-state index contributed by atoms with van der Waals surface area (Å²) in [6, 6.07) is 11.7.